The Morgan fingerprint density at radius 2 is 1.82 bits per heavy atom. The summed E-state index contributed by atoms with van der Waals surface area (Å²) in [6.45, 7) is 11.5. The van der Waals surface area contributed by atoms with Crippen LogP contribution in [0.1, 0.15) is 34.1 Å². The molecule has 6 nitrogen and oxygen atoms in total. The van der Waals surface area contributed by atoms with Crippen LogP contribution in [0.2, 0.25) is 18.1 Å². The lowest BCUT2D eigenvalue weighted by Crippen LogP contribution is -2.45. The third-order valence-corrected chi connectivity index (χ3v) is 8.22. The number of hydrogen-bond donors (Lipinski definition) is 2. The number of esters is 1. The minimum Gasteiger partial charge on any atom is -0.456 e. The first-order valence-corrected chi connectivity index (χ1v) is 10.1. The molecule has 0 aliphatic rings. The van der Waals surface area contributed by atoms with Crippen molar-refractivity contribution in [2.24, 2.45) is 5.73 Å². The Balaban J connectivity index is 4.73. The molecule has 0 saturated carbocycles. The number of carbonyl (C=O) groups excluding carboxylic acids is 3. The number of ether oxygens (including phenoxy) is 1. The maximum atomic E-state index is 11.5. The number of nitrogens with two attached hydrogens (primary N) is 1. The average Bonchev–Trinajstić information content (AvgIpc) is 2.33. The van der Waals surface area contributed by atoms with E-state index in [4.69, 9.17) is 5.73 Å². The number of hydrogen-bond acceptors (Lipinski definition) is 4. The Morgan fingerprint density at radius 3 is 2.23 bits per heavy atom. The van der Waals surface area contributed by atoms with Gasteiger partial charge in [-0.15, -0.1) is 11.5 Å². The van der Waals surface area contributed by atoms with E-state index in [1.165, 1.54) is 6.92 Å². The average molecular weight is 326 g/mol. The highest BCUT2D eigenvalue weighted by Gasteiger charge is 2.33. The fourth-order valence-corrected chi connectivity index (χ4v) is 2.11. The minimum atomic E-state index is -1.77. The van der Waals surface area contributed by atoms with Gasteiger partial charge in [0, 0.05) is 13.3 Å². The smallest absolute Gasteiger partial charge is 0.303 e. The summed E-state index contributed by atoms with van der Waals surface area (Å²) < 4.78 is 4.56. The molecule has 0 aliphatic carbocycles. The molecule has 124 valence electrons. The molecule has 0 aromatic carbocycles. The van der Waals surface area contributed by atoms with Gasteiger partial charge >= 0.3 is 5.97 Å². The van der Waals surface area contributed by atoms with E-state index in [2.05, 4.69) is 55.4 Å². The van der Waals surface area contributed by atoms with E-state index in [1.807, 2.05) is 0 Å². The molecule has 0 heterocycles. The quantitative estimate of drug-likeness (QED) is 0.446. The fraction of sp³-hybridized carbons (Fsp3) is 0.667. The van der Waals surface area contributed by atoms with Gasteiger partial charge in [0.1, 0.15) is 14.1 Å². The molecule has 0 radical (unpaired) electrons. The topological polar surface area (TPSA) is 98.5 Å². The summed E-state index contributed by atoms with van der Waals surface area (Å²) in [6.07, 6.45) is 0.146. The second kappa shape index (κ2) is 7.99. The fourth-order valence-electron chi connectivity index (χ4n) is 1.19. The van der Waals surface area contributed by atoms with E-state index in [9.17, 15) is 14.4 Å². The lowest BCUT2D eigenvalue weighted by molar-refractivity contribution is -0.146. The highest BCUT2D eigenvalue weighted by atomic mass is 28.3. The third-order valence-electron chi connectivity index (χ3n) is 3.67. The highest BCUT2D eigenvalue weighted by molar-refractivity contribution is 6.87. The zero-order chi connectivity index (χ0) is 17.6. The maximum absolute atomic E-state index is 11.5. The van der Waals surface area contributed by atoms with Gasteiger partial charge < -0.3 is 15.8 Å². The molecule has 0 saturated heterocycles. The lowest BCUT2D eigenvalue weighted by atomic mass is 10.2. The zero-order valence-corrected chi connectivity index (χ0v) is 15.2. The van der Waals surface area contributed by atoms with E-state index in [1.54, 1.807) is 0 Å². The predicted octanol–water partition coefficient (Wildman–Crippen LogP) is 0.961. The van der Waals surface area contributed by atoms with Crippen LogP contribution < -0.4 is 11.1 Å². The first-order valence-electron chi connectivity index (χ1n) is 7.09. The van der Waals surface area contributed by atoms with Crippen molar-refractivity contribution in [3.63, 3.8) is 0 Å². The molecule has 0 unspecified atom stereocenters. The van der Waals surface area contributed by atoms with Crippen LogP contribution in [0.25, 0.3) is 0 Å². The van der Waals surface area contributed by atoms with E-state index in [0.717, 1.165) is 0 Å². The van der Waals surface area contributed by atoms with Crippen molar-refractivity contribution in [1.29, 1.82) is 0 Å². The van der Waals surface area contributed by atoms with Crippen LogP contribution in [0.5, 0.6) is 0 Å². The summed E-state index contributed by atoms with van der Waals surface area (Å²) in [6, 6.07) is -0.889. The van der Waals surface area contributed by atoms with Gasteiger partial charge in [0.2, 0.25) is 5.91 Å². The summed E-state index contributed by atoms with van der Waals surface area (Å²) in [4.78, 5) is 33.5. The standard InChI is InChI=1S/C15H26N2O4Si/c1-11(18)21-10-13(19)17-12(14(16)20)8-7-9-22(5,6)15(2,3)4/h12H,8,10H2,1-6H3,(H2,16,20)(H,17,19)/t12-/m1/s1. The van der Waals surface area contributed by atoms with Gasteiger partial charge in [0.05, 0.1) is 0 Å². The van der Waals surface area contributed by atoms with Crippen LogP contribution in [-0.4, -0.2) is 38.5 Å². The second-order valence-electron chi connectivity index (χ2n) is 6.68. The van der Waals surface area contributed by atoms with Crippen molar-refractivity contribution in [3.05, 3.63) is 0 Å². The Labute approximate surface area is 133 Å². The number of rotatable bonds is 5. The predicted molar refractivity (Wildman–Crippen MR) is 87.3 cm³/mol. The van der Waals surface area contributed by atoms with E-state index in [-0.39, 0.29) is 11.5 Å². The van der Waals surface area contributed by atoms with Gasteiger partial charge in [-0.1, -0.05) is 33.9 Å². The molecule has 7 heteroatoms. The zero-order valence-electron chi connectivity index (χ0n) is 14.2. The minimum absolute atomic E-state index is 0.112. The normalized spacial score (nSPS) is 12.6. The molecular weight excluding hydrogens is 300 g/mol. The van der Waals surface area contributed by atoms with Gasteiger partial charge in [0.15, 0.2) is 6.61 Å². The third kappa shape index (κ3) is 7.27. The van der Waals surface area contributed by atoms with Crippen LogP contribution in [0.3, 0.4) is 0 Å². The molecule has 0 fully saturated rings. The Bertz CT molecular complexity index is 498. The van der Waals surface area contributed by atoms with Crippen molar-refractivity contribution in [3.8, 4) is 11.5 Å². The van der Waals surface area contributed by atoms with E-state index >= 15 is 0 Å². The molecule has 0 bridgehead atoms. The van der Waals surface area contributed by atoms with Crippen LogP contribution >= 0.6 is 0 Å². The summed E-state index contributed by atoms with van der Waals surface area (Å²) in [5.74, 6) is 1.16. The number of primary amides is 1. The summed E-state index contributed by atoms with van der Waals surface area (Å²) in [5.41, 5.74) is 8.51. The number of amides is 2. The molecule has 0 rings (SSSR count). The Kier molecular flexibility index (Phi) is 7.33. The summed E-state index contributed by atoms with van der Waals surface area (Å²) >= 11 is 0. The Hall–Kier alpha value is -1.81. The van der Waals surface area contributed by atoms with Gasteiger partial charge in [-0.05, 0) is 5.04 Å². The van der Waals surface area contributed by atoms with Crippen LogP contribution in [0.15, 0.2) is 0 Å². The van der Waals surface area contributed by atoms with E-state index < -0.39 is 38.5 Å². The summed E-state index contributed by atoms with van der Waals surface area (Å²) in [7, 11) is -1.77. The van der Waals surface area contributed by atoms with Gasteiger partial charge in [0.25, 0.3) is 5.91 Å². The van der Waals surface area contributed by atoms with Gasteiger partial charge in [-0.2, -0.15) is 0 Å². The molecule has 1 atom stereocenters. The van der Waals surface area contributed by atoms with Crippen LogP contribution in [-0.2, 0) is 19.1 Å². The van der Waals surface area contributed by atoms with E-state index in [0.29, 0.717) is 0 Å². The highest BCUT2D eigenvalue weighted by Crippen LogP contribution is 2.35. The van der Waals surface area contributed by atoms with Crippen molar-refractivity contribution in [1.82, 2.24) is 5.32 Å². The largest absolute Gasteiger partial charge is 0.456 e. The van der Waals surface area contributed by atoms with Crippen molar-refractivity contribution >= 4 is 25.9 Å². The number of carbonyl (C=O) groups is 3. The molecule has 0 aromatic rings. The second-order valence-corrected chi connectivity index (χ2v) is 11.7. The molecule has 2 amide bonds. The lowest BCUT2D eigenvalue weighted by Gasteiger charge is -2.31. The summed E-state index contributed by atoms with van der Waals surface area (Å²) in [5, 5.41) is 2.53. The van der Waals surface area contributed by atoms with Gasteiger partial charge in [-0.3, -0.25) is 14.4 Å². The first-order chi connectivity index (χ1) is 9.86. The number of nitrogens with one attached hydrogen (secondary N) is 1. The molecular formula is C15H26N2O4Si. The molecule has 0 spiro atoms. The monoisotopic (exact) mass is 326 g/mol. The van der Waals surface area contributed by atoms with Crippen molar-refractivity contribution in [2.75, 3.05) is 6.61 Å². The molecule has 0 aliphatic heterocycles. The van der Waals surface area contributed by atoms with Crippen molar-refractivity contribution in [2.45, 2.75) is 58.3 Å². The van der Waals surface area contributed by atoms with Crippen LogP contribution in [0, 0.1) is 11.5 Å². The maximum Gasteiger partial charge on any atom is 0.303 e. The molecule has 3 N–H and O–H groups in total. The van der Waals surface area contributed by atoms with Gasteiger partial charge in [-0.25, -0.2) is 0 Å². The SMILES string of the molecule is CC(=O)OCC(=O)N[C@H](CC#C[Si](C)(C)C(C)(C)C)C(N)=O. The molecule has 22 heavy (non-hydrogen) atoms. The van der Waals surface area contributed by atoms with Crippen molar-refractivity contribution < 1.29 is 19.1 Å². The first kappa shape index (κ1) is 20.2. The molecule has 0 aromatic heterocycles. The Morgan fingerprint density at radius 1 is 1.27 bits per heavy atom. The van der Waals surface area contributed by atoms with Crippen LogP contribution in [0.4, 0.5) is 0 Å².